The highest BCUT2D eigenvalue weighted by molar-refractivity contribution is 8.20. The highest BCUT2D eigenvalue weighted by Gasteiger charge is 2.35. The van der Waals surface area contributed by atoms with E-state index < -0.39 is 206 Å². The predicted octanol–water partition coefficient (Wildman–Crippen LogP) is 6.57. The van der Waals surface area contributed by atoms with Crippen molar-refractivity contribution in [3.05, 3.63) is 36.4 Å². The summed E-state index contributed by atoms with van der Waals surface area (Å²) in [4.78, 5) is -10.3. The third kappa shape index (κ3) is 16.3. The van der Waals surface area contributed by atoms with Crippen molar-refractivity contribution in [2.24, 2.45) is 20.5 Å². The van der Waals surface area contributed by atoms with Gasteiger partial charge in [-0.2, -0.15) is 29.5 Å². The molecule has 0 aliphatic rings. The maximum atomic E-state index is 13.0. The van der Waals surface area contributed by atoms with Crippen molar-refractivity contribution < 1.29 is 138 Å². The van der Waals surface area contributed by atoms with Gasteiger partial charge in [0.15, 0.2) is 28.1 Å². The maximum Gasteiger partial charge on any atom is 0.397 e. The molecule has 46 heteroatoms. The summed E-state index contributed by atoms with van der Waals surface area (Å²) in [6, 6.07) is 1.72. The fourth-order valence-corrected chi connectivity index (χ4v) is 11.6. The van der Waals surface area contributed by atoms with Gasteiger partial charge in [0.05, 0.1) is 47.9 Å². The summed E-state index contributed by atoms with van der Waals surface area (Å²) in [5.41, 5.74) is -0.920. The number of anilines is 1. The lowest BCUT2D eigenvalue weighted by atomic mass is 10.1. The third-order valence-corrected chi connectivity index (χ3v) is 16.1. The van der Waals surface area contributed by atoms with Crippen LogP contribution in [0.2, 0.25) is 0 Å². The molecule has 0 heterocycles. The number of phenols is 1. The molecule has 4 rings (SSSR count). The van der Waals surface area contributed by atoms with Crippen molar-refractivity contribution in [1.82, 2.24) is 0 Å². The standard InChI is InChI=1S/C26H35N5O30S9.OS/c27-21-20-11(5-14(63(35,36)37)24(21)30-28-22-16(65(41,42)43)7-12(8-17(22)66(44,45)46)59-1-2-60-69(53,54)55)6-15(64(38,39)40)25(26(20)32)31-29-23-18(67(47,48)49)9-13(10-19(23)68(50,51)52)62(33,34)4-3-61-70(56,57)58;1-2/h5-10,32,38-49,56-58H,1-4,27H2,(H,35,36,37)(H,50,51,52)(H,53,54,55);. The first kappa shape index (κ1) is 62.8. The first-order valence-electron chi connectivity index (χ1n) is 16.9. The molecular weight excluding hydrogens is 1200 g/mol. The van der Waals surface area contributed by atoms with Crippen molar-refractivity contribution in [1.29, 1.82) is 0 Å². The van der Waals surface area contributed by atoms with Gasteiger partial charge in [0.2, 0.25) is 11.2 Å². The Morgan fingerprint density at radius 3 is 1.28 bits per heavy atom. The number of sulfone groups is 1. The molecule has 0 spiro atoms. The Hall–Kier alpha value is -3.49. The zero-order chi connectivity index (χ0) is 55.8. The van der Waals surface area contributed by atoms with E-state index in [1.807, 2.05) is 0 Å². The van der Waals surface area contributed by atoms with E-state index in [0.29, 0.717) is 24.3 Å². The van der Waals surface area contributed by atoms with Crippen LogP contribution in [0.25, 0.3) is 10.8 Å². The average molecular weight is 1230 g/mol. The lowest BCUT2D eigenvalue weighted by Crippen LogP contribution is -2.15. The smallest absolute Gasteiger partial charge is 0.397 e. The number of azo groups is 2. The van der Waals surface area contributed by atoms with E-state index >= 15 is 0 Å². The Morgan fingerprint density at radius 2 is 0.847 bits per heavy atom. The lowest BCUT2D eigenvalue weighted by Gasteiger charge is -2.27. The van der Waals surface area contributed by atoms with Crippen molar-refractivity contribution in [3.8, 4) is 11.5 Å². The van der Waals surface area contributed by atoms with E-state index in [1.54, 1.807) is 0 Å². The molecule has 4 aromatic carbocycles. The molecule has 0 amide bonds. The Morgan fingerprint density at radius 1 is 0.472 bits per heavy atom. The molecule has 0 radical (unpaired) electrons. The van der Waals surface area contributed by atoms with E-state index in [9.17, 15) is 103 Å². The van der Waals surface area contributed by atoms with Gasteiger partial charge in [0.1, 0.15) is 95.0 Å². The molecule has 410 valence electrons. The Bertz CT molecular complexity index is 3220. The fraction of sp³-hybridized carbons (Fsp3) is 0.154. The molecule has 36 nitrogen and oxygen atoms in total. The van der Waals surface area contributed by atoms with Crippen molar-refractivity contribution in [2.45, 2.75) is 34.3 Å². The number of nitrogens with zero attached hydrogens (tertiary/aromatic N) is 4. The number of nitrogens with two attached hydrogens (primary N) is 1. The van der Waals surface area contributed by atoms with Crippen LogP contribution in [0.4, 0.5) is 28.4 Å². The van der Waals surface area contributed by atoms with Crippen LogP contribution in [0.1, 0.15) is 0 Å². The topological polar surface area (TPSA) is 641 Å². The number of phenolic OH excluding ortho intramolecular Hbond substituents is 1. The largest absolute Gasteiger partial charge is 0.505 e. The van der Waals surface area contributed by atoms with Crippen molar-refractivity contribution in [3.63, 3.8) is 0 Å². The highest BCUT2D eigenvalue weighted by Crippen LogP contribution is 2.60. The number of aromatic hydroxyl groups is 1. The molecule has 0 aliphatic heterocycles. The van der Waals surface area contributed by atoms with E-state index in [1.165, 1.54) is 0 Å². The second kappa shape index (κ2) is 22.4. The molecule has 0 saturated carbocycles. The number of hydrogen-bond donors (Lipinski definition) is 20. The van der Waals surface area contributed by atoms with Gasteiger partial charge in [-0.25, -0.2) is 12.6 Å². The van der Waals surface area contributed by atoms with Gasteiger partial charge in [-0.3, -0.25) is 31.5 Å². The van der Waals surface area contributed by atoms with E-state index in [4.69, 9.17) is 32.9 Å². The molecule has 0 fully saturated rings. The second-order valence-electron chi connectivity index (χ2n) is 13.0. The molecular formula is C26H35N5O31S10. The van der Waals surface area contributed by atoms with Gasteiger partial charge in [-0.1, -0.05) is 0 Å². The van der Waals surface area contributed by atoms with E-state index in [2.05, 4.69) is 41.4 Å². The zero-order valence-electron chi connectivity index (χ0n) is 34.1. The summed E-state index contributed by atoms with van der Waals surface area (Å²) in [5.74, 6) is -3.72. The summed E-state index contributed by atoms with van der Waals surface area (Å²) >= 11 is -1.92. The van der Waals surface area contributed by atoms with Gasteiger partial charge in [0, 0.05) is 12.1 Å². The van der Waals surface area contributed by atoms with Crippen LogP contribution in [-0.4, -0.2) is 151 Å². The number of fused-ring (bicyclic) bond motifs is 1. The lowest BCUT2D eigenvalue weighted by molar-refractivity contribution is 0.201. The fourth-order valence-electron chi connectivity index (χ4n) is 5.39. The van der Waals surface area contributed by atoms with E-state index in [0.717, 1.165) is 0 Å². The molecule has 0 bridgehead atoms. The molecule has 72 heavy (non-hydrogen) atoms. The average Bonchev–Trinajstić information content (AvgIpc) is 3.18. The van der Waals surface area contributed by atoms with Crippen LogP contribution >= 0.6 is 54.6 Å². The number of hydrogen-bond acceptors (Lipinski definition) is 34. The maximum absolute atomic E-state index is 13.0. The van der Waals surface area contributed by atoms with Gasteiger partial charge in [-0.15, -0.1) is 20.5 Å². The zero-order valence-corrected chi connectivity index (χ0v) is 42.3. The second-order valence-corrected chi connectivity index (χ2v) is 26.0. The van der Waals surface area contributed by atoms with Crippen LogP contribution in [0.15, 0.2) is 91.1 Å². The minimum atomic E-state index is -5.87. The minimum Gasteiger partial charge on any atom is -0.505 e. The van der Waals surface area contributed by atoms with Crippen LogP contribution in [0.5, 0.6) is 11.5 Å². The molecule has 21 N–H and O–H groups in total. The summed E-state index contributed by atoms with van der Waals surface area (Å²) < 4.78 is 298. The van der Waals surface area contributed by atoms with Gasteiger partial charge >= 0.3 is 10.4 Å². The molecule has 0 aliphatic carbocycles. The monoisotopic (exact) mass is 1230 g/mol. The van der Waals surface area contributed by atoms with Gasteiger partial charge in [0.25, 0.3) is 20.2 Å². The first-order chi connectivity index (χ1) is 32.3. The van der Waals surface area contributed by atoms with Crippen molar-refractivity contribution in [2.75, 3.05) is 31.3 Å². The molecule has 0 aromatic heterocycles. The quantitative estimate of drug-likeness (QED) is 0.0192. The number of rotatable bonds is 20. The molecule has 0 saturated heterocycles. The summed E-state index contributed by atoms with van der Waals surface area (Å²) in [7, 11) is -42.7. The van der Waals surface area contributed by atoms with E-state index in [-0.39, 0.29) is 12.1 Å². The van der Waals surface area contributed by atoms with Gasteiger partial charge in [-0.05, 0) is 29.7 Å². The Labute approximate surface area is 416 Å². The Kier molecular flexibility index (Phi) is 19.5. The number of benzene rings is 4. The normalized spacial score (nSPS) is 14.9. The number of nitrogen functional groups attached to an aromatic ring is 1. The number of ether oxygens (including phenoxy) is 1. The third-order valence-electron chi connectivity index (χ3n) is 8.11. The Balaban J connectivity index is 0.00000676. The predicted molar refractivity (Wildman–Crippen MR) is 250 cm³/mol. The molecule has 0 atom stereocenters. The first-order valence-corrected chi connectivity index (χ1v) is 30.6. The van der Waals surface area contributed by atoms with Crippen LogP contribution < -0.4 is 10.5 Å². The summed E-state index contributed by atoms with van der Waals surface area (Å²) in [5, 5.41) is 23.1. The SMILES string of the molecule is Nc1c(N=Nc2c(S(O)(O)O)cc(OCCOS(=O)(=O)O)cc2S(O)(O)O)c(S(=O)(=O)O)cc2cc(S(O)(O)O)c(N=Nc3c(S(O)(O)O)cc(S(=O)(=O)CCOS(O)(O)O)cc3S(=O)(=O)O)c(O)c12.O=S. The molecule has 4 aromatic rings. The van der Waals surface area contributed by atoms with Gasteiger partial charge < -0.3 is 70.2 Å². The van der Waals surface area contributed by atoms with Crippen molar-refractivity contribution >= 4 is 147 Å². The minimum absolute atomic E-state index is 0.0452. The van der Waals surface area contributed by atoms with Crippen LogP contribution in [-0.2, 0) is 61.4 Å². The molecule has 0 unspecified atom stereocenters. The summed E-state index contributed by atoms with van der Waals surface area (Å²) in [6.45, 7) is -3.02. The van der Waals surface area contributed by atoms with Crippen LogP contribution in [0, 0.1) is 0 Å². The highest BCUT2D eigenvalue weighted by atomic mass is 32.3. The van der Waals surface area contributed by atoms with Crippen LogP contribution in [0.3, 0.4) is 0 Å². The summed E-state index contributed by atoms with van der Waals surface area (Å²) in [6.07, 6.45) is 0.